The minimum Gasteiger partial charge on any atom is -0.626 e. The van der Waals surface area contributed by atoms with E-state index in [0.717, 1.165) is 0 Å². The van der Waals surface area contributed by atoms with E-state index in [4.69, 9.17) is 5.21 Å². The van der Waals surface area contributed by atoms with Gasteiger partial charge in [-0.1, -0.05) is 12.1 Å². The minimum atomic E-state index is 1.25. The van der Waals surface area contributed by atoms with Crippen LogP contribution in [-0.2, 0) is 0 Å². The highest BCUT2D eigenvalue weighted by Crippen LogP contribution is 1.91. The van der Waals surface area contributed by atoms with Gasteiger partial charge in [-0.3, -0.25) is 0 Å². The van der Waals surface area contributed by atoms with Crippen LogP contribution in [0.2, 0.25) is 0 Å². The molecule has 1 aromatic heterocycles. The van der Waals surface area contributed by atoms with Crippen LogP contribution in [0.15, 0.2) is 22.9 Å². The Hall–Kier alpha value is -0.830. The van der Waals surface area contributed by atoms with Crippen molar-refractivity contribution in [3.05, 3.63) is 28.1 Å². The van der Waals surface area contributed by atoms with Crippen molar-refractivity contribution in [1.82, 2.24) is 0 Å². The quantitative estimate of drug-likeness (QED) is 0.299. The maximum absolute atomic E-state index is 8.57. The molecule has 0 radical (unpaired) electrons. The Morgan fingerprint density at radius 1 is 1.38 bits per heavy atom. The Balaban J connectivity index is 0.000000145. The van der Waals surface area contributed by atoms with Crippen LogP contribution in [0.3, 0.4) is 0 Å². The zero-order valence-corrected chi connectivity index (χ0v) is 5.15. The van der Waals surface area contributed by atoms with E-state index < -0.39 is 0 Å². The zero-order chi connectivity index (χ0) is 6.24. The van der Waals surface area contributed by atoms with E-state index in [2.05, 4.69) is 6.72 Å². The summed E-state index contributed by atoms with van der Waals surface area (Å²) in [7, 11) is 0. The maximum atomic E-state index is 8.57. The van der Waals surface area contributed by atoms with Gasteiger partial charge < -0.3 is 5.21 Å². The summed E-state index contributed by atoms with van der Waals surface area (Å²) < 4.78 is 0. The molecular weight excluding hydrogens is 122 g/mol. The van der Waals surface area contributed by atoms with Crippen LogP contribution in [0.1, 0.15) is 0 Å². The highest BCUT2D eigenvalue weighted by molar-refractivity contribution is 7.07. The fraction of sp³-hybridized carbons (Fsp3) is 0. The van der Waals surface area contributed by atoms with Crippen LogP contribution in [-0.4, -0.2) is 6.72 Å². The summed E-state index contributed by atoms with van der Waals surface area (Å²) in [4.78, 5) is 0. The third kappa shape index (κ3) is 5.17. The maximum Gasteiger partial charge on any atom is 0.136 e. The summed E-state index contributed by atoms with van der Waals surface area (Å²) in [5, 5.41) is 13.9. The molecule has 0 spiro atoms. The molecule has 0 aliphatic heterocycles. The Labute approximate surface area is 52.1 Å². The van der Waals surface area contributed by atoms with Crippen LogP contribution in [0.25, 0.3) is 0 Å². The second-order valence-electron chi connectivity index (χ2n) is 0.937. The van der Waals surface area contributed by atoms with Gasteiger partial charge in [0.1, 0.15) is 6.72 Å². The van der Waals surface area contributed by atoms with E-state index in [9.17, 15) is 0 Å². The SMILES string of the molecule is C=[NH+][O-].c1ccsc1. The number of hydrogen-bond donors (Lipinski definition) is 1. The summed E-state index contributed by atoms with van der Waals surface area (Å²) in [6.07, 6.45) is 0. The molecule has 0 fully saturated rings. The van der Waals surface area contributed by atoms with E-state index in [-0.39, 0.29) is 0 Å². The highest BCUT2D eigenvalue weighted by atomic mass is 32.1. The lowest BCUT2D eigenvalue weighted by Crippen LogP contribution is -2.56. The molecule has 8 heavy (non-hydrogen) atoms. The fourth-order valence-electron chi connectivity index (χ4n) is 0.227. The summed E-state index contributed by atoms with van der Waals surface area (Å²) in [6, 6.07) is 4.04. The summed E-state index contributed by atoms with van der Waals surface area (Å²) >= 11 is 1.71. The average Bonchev–Trinajstić information content (AvgIpc) is 2.17. The molecule has 0 atom stereocenters. The molecular formula is C5H7NOS. The number of nitrogens with one attached hydrogen (secondary N) is 1. The van der Waals surface area contributed by atoms with E-state index in [1.165, 1.54) is 5.16 Å². The van der Waals surface area contributed by atoms with Crippen LogP contribution >= 0.6 is 11.3 Å². The van der Waals surface area contributed by atoms with Gasteiger partial charge in [0.05, 0.1) is 0 Å². The van der Waals surface area contributed by atoms with E-state index in [1.807, 2.05) is 22.9 Å². The van der Waals surface area contributed by atoms with Gasteiger partial charge in [0.2, 0.25) is 0 Å². The Morgan fingerprint density at radius 2 is 1.75 bits per heavy atom. The molecule has 2 nitrogen and oxygen atoms in total. The van der Waals surface area contributed by atoms with Crippen LogP contribution < -0.4 is 5.16 Å². The summed E-state index contributed by atoms with van der Waals surface area (Å²) in [5.41, 5.74) is 0. The topological polar surface area (TPSA) is 37.0 Å². The second kappa shape index (κ2) is 6.17. The van der Waals surface area contributed by atoms with E-state index >= 15 is 0 Å². The van der Waals surface area contributed by atoms with Gasteiger partial charge in [-0.2, -0.15) is 11.3 Å². The first-order valence-corrected chi connectivity index (χ1v) is 2.97. The lowest BCUT2D eigenvalue weighted by atomic mass is 10.7. The van der Waals surface area contributed by atoms with Crippen LogP contribution in [0, 0.1) is 5.21 Å². The molecule has 44 valence electrons. The number of thiophene rings is 1. The summed E-state index contributed by atoms with van der Waals surface area (Å²) in [5.74, 6) is 0. The van der Waals surface area contributed by atoms with Gasteiger partial charge in [-0.15, -0.1) is 0 Å². The van der Waals surface area contributed by atoms with Crippen molar-refractivity contribution in [3.8, 4) is 0 Å². The Kier molecular flexibility index (Phi) is 5.53. The molecule has 0 aliphatic rings. The first kappa shape index (κ1) is 7.17. The molecule has 1 heterocycles. The van der Waals surface area contributed by atoms with Crippen molar-refractivity contribution in [2.45, 2.75) is 0 Å². The average molecular weight is 129 g/mol. The molecule has 1 N–H and O–H groups in total. The minimum absolute atomic E-state index is 1.25. The molecule has 0 aliphatic carbocycles. The zero-order valence-electron chi connectivity index (χ0n) is 4.33. The van der Waals surface area contributed by atoms with Gasteiger partial charge in [0, 0.05) is 0 Å². The molecule has 0 unspecified atom stereocenters. The van der Waals surface area contributed by atoms with Gasteiger partial charge in [-0.25, -0.2) is 5.16 Å². The lowest BCUT2D eigenvalue weighted by molar-refractivity contribution is -0.361. The van der Waals surface area contributed by atoms with Gasteiger partial charge in [0.25, 0.3) is 0 Å². The van der Waals surface area contributed by atoms with Gasteiger partial charge in [0.15, 0.2) is 0 Å². The van der Waals surface area contributed by atoms with Crippen LogP contribution in [0.4, 0.5) is 0 Å². The highest BCUT2D eigenvalue weighted by Gasteiger charge is 1.58. The molecule has 1 rings (SSSR count). The monoisotopic (exact) mass is 129 g/mol. The first-order chi connectivity index (χ1) is 3.91. The predicted octanol–water partition coefficient (Wildman–Crippen LogP) is 0.0135. The molecule has 0 saturated carbocycles. The van der Waals surface area contributed by atoms with Crippen molar-refractivity contribution in [1.29, 1.82) is 0 Å². The summed E-state index contributed by atoms with van der Waals surface area (Å²) in [6.45, 7) is 2.68. The largest absolute Gasteiger partial charge is 0.626 e. The third-order valence-corrected chi connectivity index (χ3v) is 1.05. The Bertz CT molecular complexity index is 98.8. The molecule has 0 aromatic carbocycles. The second-order valence-corrected chi connectivity index (χ2v) is 1.75. The van der Waals surface area contributed by atoms with E-state index in [0.29, 0.717) is 0 Å². The van der Waals surface area contributed by atoms with Crippen molar-refractivity contribution in [2.24, 2.45) is 0 Å². The smallest absolute Gasteiger partial charge is 0.136 e. The first-order valence-electron chi connectivity index (χ1n) is 2.03. The van der Waals surface area contributed by atoms with Gasteiger partial charge >= 0.3 is 0 Å². The Morgan fingerprint density at radius 3 is 1.88 bits per heavy atom. The van der Waals surface area contributed by atoms with E-state index in [1.54, 1.807) is 11.3 Å². The number of hydrogen-bond acceptors (Lipinski definition) is 2. The lowest BCUT2D eigenvalue weighted by Gasteiger charge is -1.58. The standard InChI is InChI=1S/C4H4S.CH3NO/c1-2-4-5-3-1;1-2-3/h1-4H;2H,1H2. The predicted molar refractivity (Wildman–Crippen MR) is 35.8 cm³/mol. The normalized spacial score (nSPS) is 6.50. The molecule has 0 amide bonds. The molecule has 1 aromatic rings. The van der Waals surface area contributed by atoms with Crippen molar-refractivity contribution >= 4 is 18.1 Å². The molecule has 0 saturated heterocycles. The number of rotatable bonds is 0. The van der Waals surface area contributed by atoms with Crippen molar-refractivity contribution < 1.29 is 5.16 Å². The van der Waals surface area contributed by atoms with Crippen LogP contribution in [0.5, 0.6) is 0 Å². The molecule has 0 bridgehead atoms. The van der Waals surface area contributed by atoms with Crippen molar-refractivity contribution in [3.63, 3.8) is 0 Å². The molecule has 3 heteroatoms. The fourth-order valence-corrected chi connectivity index (χ4v) is 0.680. The third-order valence-electron chi connectivity index (χ3n) is 0.425. The van der Waals surface area contributed by atoms with Crippen molar-refractivity contribution in [2.75, 3.05) is 0 Å². The van der Waals surface area contributed by atoms with Gasteiger partial charge in [-0.05, 0) is 10.8 Å².